The number of benzene rings is 4. The molecule has 0 aliphatic rings. The molecule has 0 radical (unpaired) electrons. The molecule has 0 bridgehead atoms. The average molecular weight is 586 g/mol. The molecule has 4 nitrogen and oxygen atoms in total. The van der Waals surface area contributed by atoms with E-state index in [9.17, 15) is 13.2 Å². The van der Waals surface area contributed by atoms with Crippen LogP contribution in [0.1, 0.15) is 25.3 Å². The van der Waals surface area contributed by atoms with E-state index in [1.165, 1.54) is 32.5 Å². The van der Waals surface area contributed by atoms with E-state index in [2.05, 4.69) is 141 Å². The van der Waals surface area contributed by atoms with Crippen molar-refractivity contribution in [2.24, 2.45) is 0 Å². The van der Waals surface area contributed by atoms with Gasteiger partial charge in [-0.15, -0.1) is 0 Å². The lowest BCUT2D eigenvalue weighted by molar-refractivity contribution is -0.0517. The first-order valence-electron chi connectivity index (χ1n) is 12.6. The zero-order valence-electron chi connectivity index (χ0n) is 22.2. The van der Waals surface area contributed by atoms with Crippen molar-refractivity contribution in [3.63, 3.8) is 0 Å². The van der Waals surface area contributed by atoms with Gasteiger partial charge in [0.2, 0.25) is 0 Å². The van der Waals surface area contributed by atoms with Crippen molar-refractivity contribution in [2.45, 2.75) is 25.3 Å². The maximum atomic E-state index is 10.7. The second-order valence-electron chi connectivity index (χ2n) is 8.77. The summed E-state index contributed by atoms with van der Waals surface area (Å²) in [6, 6.07) is 44.3. The van der Waals surface area contributed by atoms with Crippen LogP contribution in [0.25, 0.3) is 5.31 Å². The van der Waals surface area contributed by atoms with Gasteiger partial charge in [-0.25, -0.2) is 8.42 Å². The van der Waals surface area contributed by atoms with E-state index < -0.39 is 22.9 Å². The van der Waals surface area contributed by atoms with Gasteiger partial charge in [0, 0.05) is 12.6 Å². The predicted octanol–water partition coefficient (Wildman–Crippen LogP) is 6.42. The number of nitrogens with one attached hydrogen (secondary N) is 1. The van der Waals surface area contributed by atoms with Crippen molar-refractivity contribution in [1.82, 2.24) is 5.32 Å². The normalized spacial score (nSPS) is 12.6. The highest BCUT2D eigenvalue weighted by Gasteiger charge is 2.51. The molecule has 0 saturated carbocycles. The second-order valence-corrected chi connectivity index (χ2v) is 13.5. The first kappa shape index (κ1) is 31.1. The molecule has 9 heteroatoms. The third-order valence-corrected chi connectivity index (χ3v) is 11.2. The van der Waals surface area contributed by atoms with Crippen LogP contribution in [-0.2, 0) is 10.1 Å². The summed E-state index contributed by atoms with van der Waals surface area (Å²) in [6.07, 6.45) is 2.10. The van der Waals surface area contributed by atoms with Crippen LogP contribution >= 0.6 is 7.26 Å². The number of halogens is 3. The molecule has 0 aliphatic heterocycles. The average Bonchev–Trinajstić information content (AvgIpc) is 2.96. The highest BCUT2D eigenvalue weighted by atomic mass is 32.2. The number of allylic oxidation sites excluding steroid dienone is 1. The SMILES string of the molecule is CCC/C(NC)=C(/c1ccccc1)[P+](c1ccccc1)(c1ccccc1)c1ccccc1.O=S(=O)([O-])C(F)(F)F. The number of alkyl halides is 3. The molecule has 4 aromatic carbocycles. The Kier molecular flexibility index (Phi) is 10.7. The van der Waals surface area contributed by atoms with Crippen LogP contribution < -0.4 is 21.2 Å². The van der Waals surface area contributed by atoms with Crippen molar-refractivity contribution in [2.75, 3.05) is 7.05 Å². The molecule has 0 heterocycles. The molecule has 0 aliphatic carbocycles. The fraction of sp³-hybridized carbons (Fsp3) is 0.161. The van der Waals surface area contributed by atoms with Gasteiger partial charge in [-0.1, -0.05) is 98.3 Å². The summed E-state index contributed by atoms with van der Waals surface area (Å²) in [6.45, 7) is 2.26. The topological polar surface area (TPSA) is 69.2 Å². The van der Waals surface area contributed by atoms with Gasteiger partial charge in [0.15, 0.2) is 10.1 Å². The van der Waals surface area contributed by atoms with Gasteiger partial charge >= 0.3 is 5.51 Å². The Morgan fingerprint density at radius 1 is 0.725 bits per heavy atom. The summed E-state index contributed by atoms with van der Waals surface area (Å²) >= 11 is 0. The Hall–Kier alpha value is -3.45. The molecule has 1 N–H and O–H groups in total. The van der Waals surface area contributed by atoms with E-state index in [-0.39, 0.29) is 0 Å². The van der Waals surface area contributed by atoms with Gasteiger partial charge in [-0.05, 0) is 42.8 Å². The molecule has 0 unspecified atom stereocenters. The lowest BCUT2D eigenvalue weighted by Gasteiger charge is -2.31. The van der Waals surface area contributed by atoms with E-state index in [1.54, 1.807) is 0 Å². The molecule has 210 valence electrons. The van der Waals surface area contributed by atoms with Gasteiger partial charge in [0.05, 0.1) is 5.70 Å². The van der Waals surface area contributed by atoms with Crippen LogP contribution in [0, 0.1) is 0 Å². The van der Waals surface area contributed by atoms with Gasteiger partial charge in [-0.3, -0.25) is 0 Å². The summed E-state index contributed by atoms with van der Waals surface area (Å²) in [5.74, 6) is 0. The highest BCUT2D eigenvalue weighted by molar-refractivity contribution is 8.03. The molecular formula is C31H31F3NO3PS. The van der Waals surface area contributed by atoms with E-state index in [4.69, 9.17) is 13.0 Å². The van der Waals surface area contributed by atoms with Crippen molar-refractivity contribution in [3.05, 3.63) is 133 Å². The minimum absolute atomic E-state index is 1.01. The Morgan fingerprint density at radius 2 is 1.05 bits per heavy atom. The third-order valence-electron chi connectivity index (χ3n) is 6.18. The Bertz CT molecular complexity index is 1380. The molecule has 0 atom stereocenters. The summed E-state index contributed by atoms with van der Waals surface area (Å²) < 4.78 is 58.9. The van der Waals surface area contributed by atoms with Crippen LogP contribution in [0.2, 0.25) is 0 Å². The second kappa shape index (κ2) is 13.8. The van der Waals surface area contributed by atoms with Crippen LogP contribution in [0.3, 0.4) is 0 Å². The van der Waals surface area contributed by atoms with Crippen molar-refractivity contribution >= 4 is 38.6 Å². The van der Waals surface area contributed by atoms with Gasteiger partial charge in [0.1, 0.15) is 28.5 Å². The smallest absolute Gasteiger partial charge is 0.485 e. The number of hydrogen-bond acceptors (Lipinski definition) is 4. The van der Waals surface area contributed by atoms with Gasteiger partial charge < -0.3 is 9.87 Å². The minimum atomic E-state index is -6.09. The summed E-state index contributed by atoms with van der Waals surface area (Å²) in [7, 11) is -6.19. The van der Waals surface area contributed by atoms with Crippen molar-refractivity contribution < 1.29 is 26.1 Å². The number of hydrogen-bond donors (Lipinski definition) is 1. The largest absolute Gasteiger partial charge is 0.741 e. The van der Waals surface area contributed by atoms with E-state index in [1.807, 2.05) is 0 Å². The van der Waals surface area contributed by atoms with Gasteiger partial charge in [0.25, 0.3) is 0 Å². The Labute approximate surface area is 234 Å². The van der Waals surface area contributed by atoms with E-state index in [0.717, 1.165) is 12.8 Å². The first-order valence-corrected chi connectivity index (χ1v) is 15.8. The molecule has 0 amide bonds. The molecule has 4 rings (SSSR count). The molecule has 0 spiro atoms. The van der Waals surface area contributed by atoms with Crippen LogP contribution in [0.4, 0.5) is 13.2 Å². The lowest BCUT2D eigenvalue weighted by Crippen LogP contribution is -2.33. The van der Waals surface area contributed by atoms with E-state index >= 15 is 0 Å². The molecule has 4 aromatic rings. The third kappa shape index (κ3) is 7.00. The number of rotatable bonds is 8. The Morgan fingerprint density at radius 3 is 1.32 bits per heavy atom. The summed E-state index contributed by atoms with van der Waals surface area (Å²) in [5, 5.41) is 9.17. The first-order chi connectivity index (χ1) is 19.1. The van der Waals surface area contributed by atoms with Crippen molar-refractivity contribution in [3.8, 4) is 0 Å². The zero-order valence-corrected chi connectivity index (χ0v) is 23.9. The quantitative estimate of drug-likeness (QED) is 0.147. The molecular weight excluding hydrogens is 554 g/mol. The zero-order chi connectivity index (χ0) is 29.2. The summed E-state index contributed by atoms with van der Waals surface area (Å²) in [5.41, 5.74) is -3.04. The van der Waals surface area contributed by atoms with Crippen molar-refractivity contribution in [1.29, 1.82) is 0 Å². The predicted molar refractivity (Wildman–Crippen MR) is 158 cm³/mol. The lowest BCUT2D eigenvalue weighted by atomic mass is 10.1. The van der Waals surface area contributed by atoms with E-state index in [0.29, 0.717) is 0 Å². The van der Waals surface area contributed by atoms with Crippen LogP contribution in [0.5, 0.6) is 0 Å². The fourth-order valence-electron chi connectivity index (χ4n) is 4.57. The highest BCUT2D eigenvalue weighted by Crippen LogP contribution is 2.67. The monoisotopic (exact) mass is 585 g/mol. The Balaban J connectivity index is 0.000000482. The fourth-order valence-corrected chi connectivity index (χ4v) is 9.26. The molecule has 0 aromatic heterocycles. The van der Waals surface area contributed by atoms with Crippen LogP contribution in [0.15, 0.2) is 127 Å². The maximum Gasteiger partial charge on any atom is 0.485 e. The molecule has 0 fully saturated rings. The maximum absolute atomic E-state index is 10.7. The standard InChI is InChI=1S/C30H31NP.CHF3O3S/c1-3-16-29(31-2)30(25-17-8-4-9-18-25)32(26-19-10-5-11-20-26,27-21-12-6-13-22-27)28-23-14-7-15-24-28;2-1(3,4)8(5,6)7/h4-15,17-24,31H,3,16H2,1-2H3;(H,5,6,7)/q+1;/p-1/b30-29+;. The van der Waals surface area contributed by atoms with Crippen LogP contribution in [-0.4, -0.2) is 25.5 Å². The molecule has 40 heavy (non-hydrogen) atoms. The minimum Gasteiger partial charge on any atom is -0.741 e. The summed E-state index contributed by atoms with van der Waals surface area (Å²) in [4.78, 5) is 0. The van der Waals surface area contributed by atoms with Gasteiger partial charge in [-0.2, -0.15) is 13.2 Å². The molecule has 0 saturated heterocycles.